The Morgan fingerprint density at radius 2 is 2.05 bits per heavy atom. The number of carbonyl (C=O) groups is 2. The predicted octanol–water partition coefficient (Wildman–Crippen LogP) is 1.47. The van der Waals surface area contributed by atoms with Crippen LogP contribution in [-0.2, 0) is 14.3 Å². The molecule has 2 N–H and O–H groups in total. The molecular weight excluding hydrogens is 302 g/mol. The molecule has 0 heterocycles. The number of aliphatic hydroxyl groups excluding tert-OH is 1. The second kappa shape index (κ2) is 8.84. The maximum Gasteiger partial charge on any atom is 0.330 e. The number of hydrogen-bond donors (Lipinski definition) is 2. The lowest BCUT2D eigenvalue weighted by atomic mass is 10.3. The molecule has 0 spiro atoms. The van der Waals surface area contributed by atoms with Crippen molar-refractivity contribution in [3.63, 3.8) is 0 Å². The van der Waals surface area contributed by atoms with E-state index in [1.807, 2.05) is 12.1 Å². The van der Waals surface area contributed by atoms with Crippen molar-refractivity contribution in [2.45, 2.75) is 17.4 Å². The fourth-order valence-electron chi connectivity index (χ4n) is 1.38. The summed E-state index contributed by atoms with van der Waals surface area (Å²) in [5.41, 5.74) is 0. The third-order valence-electron chi connectivity index (χ3n) is 2.41. The summed E-state index contributed by atoms with van der Waals surface area (Å²) in [5.74, 6) is -0.408. The summed E-state index contributed by atoms with van der Waals surface area (Å²) in [6, 6.07) is 6.30. The molecule has 0 aromatic heterocycles. The fraction of sp³-hybridized carbons (Fsp3) is 0.385. The number of hydrogen-bond acceptors (Lipinski definition) is 5. The minimum absolute atomic E-state index is 0.237. The van der Waals surface area contributed by atoms with E-state index in [1.54, 1.807) is 12.1 Å². The van der Waals surface area contributed by atoms with Crippen molar-refractivity contribution in [3.05, 3.63) is 29.3 Å². The Bertz CT molecular complexity index is 452. The van der Waals surface area contributed by atoms with E-state index in [4.69, 9.17) is 16.7 Å². The Morgan fingerprint density at radius 3 is 2.60 bits per heavy atom. The average Bonchev–Trinajstić information content (AvgIpc) is 2.46. The number of esters is 1. The van der Waals surface area contributed by atoms with Crippen LogP contribution in [0.15, 0.2) is 29.2 Å². The van der Waals surface area contributed by atoms with Crippen LogP contribution < -0.4 is 5.32 Å². The van der Waals surface area contributed by atoms with Gasteiger partial charge in [-0.3, -0.25) is 4.79 Å². The van der Waals surface area contributed by atoms with E-state index in [0.29, 0.717) is 10.8 Å². The maximum atomic E-state index is 11.6. The topological polar surface area (TPSA) is 75.6 Å². The Hall–Kier alpha value is -1.24. The first-order chi connectivity index (χ1) is 9.56. The quantitative estimate of drug-likeness (QED) is 0.588. The first kappa shape index (κ1) is 16.8. The van der Waals surface area contributed by atoms with E-state index in [-0.39, 0.29) is 12.3 Å². The highest BCUT2D eigenvalue weighted by Crippen LogP contribution is 2.20. The SMILES string of the molecule is COC(=O)[C@@H](CO)NC(=O)CCSc1ccc(Cl)cc1. The van der Waals surface area contributed by atoms with Gasteiger partial charge in [-0.1, -0.05) is 11.6 Å². The summed E-state index contributed by atoms with van der Waals surface area (Å²) in [4.78, 5) is 23.8. The second-order valence-electron chi connectivity index (χ2n) is 3.88. The summed E-state index contributed by atoms with van der Waals surface area (Å²) >= 11 is 7.28. The molecule has 1 atom stereocenters. The number of aliphatic hydroxyl groups is 1. The lowest BCUT2D eigenvalue weighted by Crippen LogP contribution is -2.44. The molecule has 110 valence electrons. The number of benzene rings is 1. The number of rotatable bonds is 7. The zero-order valence-corrected chi connectivity index (χ0v) is 12.5. The predicted molar refractivity (Wildman–Crippen MR) is 77.8 cm³/mol. The normalized spacial score (nSPS) is 11.8. The van der Waals surface area contributed by atoms with Gasteiger partial charge in [-0.05, 0) is 24.3 Å². The summed E-state index contributed by atoms with van der Waals surface area (Å²) in [5, 5.41) is 12.1. The molecule has 7 heteroatoms. The van der Waals surface area contributed by atoms with Gasteiger partial charge in [0.1, 0.15) is 0 Å². The molecule has 20 heavy (non-hydrogen) atoms. The number of halogens is 1. The van der Waals surface area contributed by atoms with Crippen molar-refractivity contribution in [1.29, 1.82) is 0 Å². The maximum absolute atomic E-state index is 11.6. The summed E-state index contributed by atoms with van der Waals surface area (Å²) in [7, 11) is 1.20. The molecule has 1 rings (SSSR count). The smallest absolute Gasteiger partial charge is 0.330 e. The molecule has 0 aliphatic rings. The fourth-order valence-corrected chi connectivity index (χ4v) is 2.36. The molecular formula is C13H16ClNO4S. The van der Waals surface area contributed by atoms with Gasteiger partial charge < -0.3 is 15.2 Å². The molecule has 0 radical (unpaired) electrons. The molecule has 0 aliphatic heterocycles. The molecule has 0 bridgehead atoms. The Labute approximate surface area is 126 Å². The minimum Gasteiger partial charge on any atom is -0.467 e. The van der Waals surface area contributed by atoms with Gasteiger partial charge in [-0.15, -0.1) is 11.8 Å². The number of methoxy groups -OCH3 is 1. The van der Waals surface area contributed by atoms with Crippen molar-refractivity contribution >= 4 is 35.2 Å². The van der Waals surface area contributed by atoms with E-state index in [9.17, 15) is 9.59 Å². The van der Waals surface area contributed by atoms with Gasteiger partial charge >= 0.3 is 5.97 Å². The molecule has 0 aliphatic carbocycles. The lowest BCUT2D eigenvalue weighted by Gasteiger charge is -2.13. The number of nitrogens with one attached hydrogen (secondary N) is 1. The second-order valence-corrected chi connectivity index (χ2v) is 5.48. The van der Waals surface area contributed by atoms with E-state index in [1.165, 1.54) is 18.9 Å². The number of ether oxygens (including phenoxy) is 1. The first-order valence-corrected chi connectivity index (χ1v) is 7.29. The molecule has 0 saturated carbocycles. The van der Waals surface area contributed by atoms with Crippen LogP contribution >= 0.6 is 23.4 Å². The van der Waals surface area contributed by atoms with Crippen molar-refractivity contribution in [1.82, 2.24) is 5.32 Å². The zero-order chi connectivity index (χ0) is 15.0. The molecule has 1 aromatic carbocycles. The summed E-state index contributed by atoms with van der Waals surface area (Å²) < 4.78 is 4.46. The van der Waals surface area contributed by atoms with E-state index < -0.39 is 18.6 Å². The standard InChI is InChI=1S/C13H16ClNO4S/c1-19-13(18)11(8-16)15-12(17)6-7-20-10-4-2-9(14)3-5-10/h2-5,11,16H,6-8H2,1H3,(H,15,17)/t11-/m1/s1. The highest BCUT2D eigenvalue weighted by Gasteiger charge is 2.19. The summed E-state index contributed by atoms with van der Waals surface area (Å²) in [6.07, 6.45) is 0.237. The average molecular weight is 318 g/mol. The van der Waals surface area contributed by atoms with Gasteiger partial charge in [0, 0.05) is 22.1 Å². The molecule has 1 aromatic rings. The largest absolute Gasteiger partial charge is 0.467 e. The van der Waals surface area contributed by atoms with Crippen LogP contribution in [0.4, 0.5) is 0 Å². The Kier molecular flexibility index (Phi) is 7.43. The van der Waals surface area contributed by atoms with Gasteiger partial charge in [0.15, 0.2) is 6.04 Å². The van der Waals surface area contributed by atoms with Gasteiger partial charge in [0.25, 0.3) is 0 Å². The molecule has 1 amide bonds. The highest BCUT2D eigenvalue weighted by molar-refractivity contribution is 7.99. The van der Waals surface area contributed by atoms with Crippen LogP contribution in [0.25, 0.3) is 0 Å². The van der Waals surface area contributed by atoms with Crippen molar-refractivity contribution in [2.75, 3.05) is 19.5 Å². The first-order valence-electron chi connectivity index (χ1n) is 5.93. The van der Waals surface area contributed by atoms with Crippen molar-refractivity contribution in [2.24, 2.45) is 0 Å². The highest BCUT2D eigenvalue weighted by atomic mass is 35.5. The van der Waals surface area contributed by atoms with Crippen LogP contribution in [-0.4, -0.2) is 42.5 Å². The summed E-state index contributed by atoms with van der Waals surface area (Å²) in [6.45, 7) is -0.483. The van der Waals surface area contributed by atoms with E-state index >= 15 is 0 Å². The van der Waals surface area contributed by atoms with Crippen LogP contribution in [0.1, 0.15) is 6.42 Å². The minimum atomic E-state index is -1.01. The van der Waals surface area contributed by atoms with Crippen molar-refractivity contribution in [3.8, 4) is 0 Å². The Morgan fingerprint density at radius 1 is 1.40 bits per heavy atom. The van der Waals surface area contributed by atoms with Gasteiger partial charge in [-0.25, -0.2) is 4.79 Å². The van der Waals surface area contributed by atoms with Gasteiger partial charge in [-0.2, -0.15) is 0 Å². The lowest BCUT2D eigenvalue weighted by molar-refractivity contribution is -0.146. The van der Waals surface area contributed by atoms with E-state index in [2.05, 4.69) is 10.1 Å². The monoisotopic (exact) mass is 317 g/mol. The molecule has 0 saturated heterocycles. The van der Waals surface area contributed by atoms with E-state index in [0.717, 1.165) is 4.90 Å². The molecule has 0 fully saturated rings. The van der Waals surface area contributed by atoms with Crippen LogP contribution in [0.3, 0.4) is 0 Å². The zero-order valence-electron chi connectivity index (χ0n) is 11.0. The van der Waals surface area contributed by atoms with Gasteiger partial charge in [0.2, 0.25) is 5.91 Å². The van der Waals surface area contributed by atoms with Crippen LogP contribution in [0.5, 0.6) is 0 Å². The Balaban J connectivity index is 2.32. The third kappa shape index (κ3) is 5.81. The third-order valence-corrected chi connectivity index (χ3v) is 3.68. The number of carbonyl (C=O) groups excluding carboxylic acids is 2. The van der Waals surface area contributed by atoms with Crippen molar-refractivity contribution < 1.29 is 19.4 Å². The molecule has 0 unspecified atom stereocenters. The number of thioether (sulfide) groups is 1. The molecule has 5 nitrogen and oxygen atoms in total. The van der Waals surface area contributed by atoms with Crippen LogP contribution in [0, 0.1) is 0 Å². The van der Waals surface area contributed by atoms with Crippen LogP contribution in [0.2, 0.25) is 5.02 Å². The number of amides is 1. The van der Waals surface area contributed by atoms with Gasteiger partial charge in [0.05, 0.1) is 13.7 Å².